The van der Waals surface area contributed by atoms with Crippen LogP contribution in [0.3, 0.4) is 0 Å². The third-order valence-corrected chi connectivity index (χ3v) is 3.33. The molecule has 0 radical (unpaired) electrons. The molecule has 2 aromatic heterocycles. The van der Waals surface area contributed by atoms with E-state index in [0.29, 0.717) is 5.56 Å². The second-order valence-corrected chi connectivity index (χ2v) is 4.62. The van der Waals surface area contributed by atoms with Gasteiger partial charge in [0.05, 0.1) is 5.56 Å². The van der Waals surface area contributed by atoms with Crippen molar-refractivity contribution in [2.24, 2.45) is 0 Å². The number of nitrogens with zero attached hydrogens (tertiary/aromatic N) is 1. The first-order valence-corrected chi connectivity index (χ1v) is 6.28. The van der Waals surface area contributed by atoms with Crippen LogP contribution in [-0.4, -0.2) is 35.0 Å². The Morgan fingerprint density at radius 1 is 1.50 bits per heavy atom. The molecule has 1 saturated heterocycles. The zero-order valence-electron chi connectivity index (χ0n) is 10.1. The molecule has 94 valence electrons. The highest BCUT2D eigenvalue weighted by atomic mass is 16.1. The van der Waals surface area contributed by atoms with Crippen molar-refractivity contribution < 1.29 is 4.79 Å². The number of hydrogen-bond donors (Lipinski definition) is 3. The first kappa shape index (κ1) is 11.2. The molecule has 1 aliphatic rings. The van der Waals surface area contributed by atoms with Crippen molar-refractivity contribution in [1.82, 2.24) is 20.6 Å². The summed E-state index contributed by atoms with van der Waals surface area (Å²) < 4.78 is 0. The number of amides is 1. The maximum atomic E-state index is 12.2. The lowest BCUT2D eigenvalue weighted by Gasteiger charge is -2.23. The number of rotatable bonds is 2. The van der Waals surface area contributed by atoms with E-state index in [-0.39, 0.29) is 11.9 Å². The lowest BCUT2D eigenvalue weighted by molar-refractivity contribution is 0.0932. The van der Waals surface area contributed by atoms with Gasteiger partial charge in [-0.3, -0.25) is 4.79 Å². The van der Waals surface area contributed by atoms with Gasteiger partial charge in [-0.05, 0) is 31.5 Å². The number of aromatic amines is 1. The van der Waals surface area contributed by atoms with Crippen molar-refractivity contribution in [3.8, 4) is 0 Å². The van der Waals surface area contributed by atoms with Crippen molar-refractivity contribution in [1.29, 1.82) is 0 Å². The lowest BCUT2D eigenvalue weighted by atomic mass is 10.1. The van der Waals surface area contributed by atoms with E-state index < -0.39 is 0 Å². The van der Waals surface area contributed by atoms with Crippen LogP contribution in [0.2, 0.25) is 0 Å². The van der Waals surface area contributed by atoms with E-state index in [9.17, 15) is 4.79 Å². The van der Waals surface area contributed by atoms with Crippen LogP contribution in [-0.2, 0) is 0 Å². The molecule has 0 saturated carbocycles. The largest absolute Gasteiger partial charge is 0.348 e. The smallest absolute Gasteiger partial charge is 0.253 e. The van der Waals surface area contributed by atoms with E-state index >= 15 is 0 Å². The molecule has 1 aliphatic heterocycles. The molecular formula is C13H16N4O. The van der Waals surface area contributed by atoms with E-state index in [1.807, 2.05) is 12.1 Å². The predicted molar refractivity (Wildman–Crippen MR) is 69.5 cm³/mol. The molecule has 1 amide bonds. The minimum atomic E-state index is -0.0250. The fourth-order valence-electron chi connectivity index (χ4n) is 2.38. The van der Waals surface area contributed by atoms with Gasteiger partial charge in [0, 0.05) is 30.4 Å². The number of H-pyrrole nitrogens is 1. The molecule has 0 aliphatic carbocycles. The first-order valence-electron chi connectivity index (χ1n) is 6.28. The van der Waals surface area contributed by atoms with Gasteiger partial charge in [-0.1, -0.05) is 0 Å². The molecule has 2 aromatic rings. The predicted octanol–water partition coefficient (Wildman–Crippen LogP) is 1.04. The van der Waals surface area contributed by atoms with Gasteiger partial charge < -0.3 is 15.6 Å². The van der Waals surface area contributed by atoms with Crippen LogP contribution in [0.5, 0.6) is 0 Å². The van der Waals surface area contributed by atoms with Gasteiger partial charge in [0.1, 0.15) is 5.65 Å². The zero-order chi connectivity index (χ0) is 12.4. The molecule has 5 heteroatoms. The summed E-state index contributed by atoms with van der Waals surface area (Å²) in [6, 6.07) is 3.98. The summed E-state index contributed by atoms with van der Waals surface area (Å²) >= 11 is 0. The summed E-state index contributed by atoms with van der Waals surface area (Å²) in [5.41, 5.74) is 1.42. The molecule has 0 spiro atoms. The van der Waals surface area contributed by atoms with Gasteiger partial charge in [-0.25, -0.2) is 4.98 Å². The number of aromatic nitrogens is 2. The highest BCUT2D eigenvalue weighted by Gasteiger charge is 2.18. The Bertz CT molecular complexity index is 557. The molecule has 0 bridgehead atoms. The van der Waals surface area contributed by atoms with Crippen LogP contribution in [0.4, 0.5) is 0 Å². The van der Waals surface area contributed by atoms with Crippen molar-refractivity contribution in [2.75, 3.05) is 13.1 Å². The van der Waals surface area contributed by atoms with E-state index in [4.69, 9.17) is 0 Å². The summed E-state index contributed by atoms with van der Waals surface area (Å²) in [4.78, 5) is 19.4. The Morgan fingerprint density at radius 2 is 2.44 bits per heavy atom. The molecule has 3 N–H and O–H groups in total. The maximum Gasteiger partial charge on any atom is 0.253 e. The Kier molecular flexibility index (Phi) is 2.98. The molecule has 3 heterocycles. The van der Waals surface area contributed by atoms with Crippen molar-refractivity contribution >= 4 is 16.9 Å². The van der Waals surface area contributed by atoms with E-state index in [1.165, 1.54) is 0 Å². The van der Waals surface area contributed by atoms with Crippen LogP contribution in [0.25, 0.3) is 11.0 Å². The van der Waals surface area contributed by atoms with Gasteiger partial charge in [-0.2, -0.15) is 0 Å². The Balaban J connectivity index is 1.79. The summed E-state index contributed by atoms with van der Waals surface area (Å²) in [7, 11) is 0. The van der Waals surface area contributed by atoms with E-state index in [2.05, 4.69) is 20.6 Å². The van der Waals surface area contributed by atoms with Gasteiger partial charge in [-0.15, -0.1) is 0 Å². The standard InChI is InChI=1S/C13H16N4O/c18-13(17-9-3-1-5-14-7-9)11-8-16-12-10(11)4-2-6-15-12/h2,4,6,8-9,14H,1,3,5,7H2,(H,15,16)(H,17,18)/t9-/m0/s1. The third-order valence-electron chi connectivity index (χ3n) is 3.33. The van der Waals surface area contributed by atoms with Gasteiger partial charge in [0.15, 0.2) is 0 Å². The fourth-order valence-corrected chi connectivity index (χ4v) is 2.38. The highest BCUT2D eigenvalue weighted by Crippen LogP contribution is 2.15. The molecule has 0 unspecified atom stereocenters. The number of carbonyl (C=O) groups excluding carboxylic acids is 1. The van der Waals surface area contributed by atoms with Crippen LogP contribution in [0, 0.1) is 0 Å². The monoisotopic (exact) mass is 244 g/mol. The minimum Gasteiger partial charge on any atom is -0.348 e. The average Bonchev–Trinajstić information content (AvgIpc) is 2.84. The Hall–Kier alpha value is -1.88. The second-order valence-electron chi connectivity index (χ2n) is 4.62. The minimum absolute atomic E-state index is 0.0250. The van der Waals surface area contributed by atoms with E-state index in [1.54, 1.807) is 12.4 Å². The molecule has 1 fully saturated rings. The maximum absolute atomic E-state index is 12.2. The Morgan fingerprint density at radius 3 is 3.28 bits per heavy atom. The SMILES string of the molecule is O=C(N[C@H]1CCCNC1)c1c[nH]c2ncccc12. The highest BCUT2D eigenvalue weighted by molar-refractivity contribution is 6.05. The van der Waals surface area contributed by atoms with Crippen LogP contribution in [0.1, 0.15) is 23.2 Å². The molecular weight excluding hydrogens is 228 g/mol. The fraction of sp³-hybridized carbons (Fsp3) is 0.385. The van der Waals surface area contributed by atoms with Gasteiger partial charge in [0.25, 0.3) is 5.91 Å². The van der Waals surface area contributed by atoms with Crippen molar-refractivity contribution in [3.05, 3.63) is 30.1 Å². The number of pyridine rings is 1. The number of fused-ring (bicyclic) bond motifs is 1. The molecule has 3 rings (SSSR count). The first-order chi connectivity index (χ1) is 8.84. The molecule has 5 nitrogen and oxygen atoms in total. The summed E-state index contributed by atoms with van der Waals surface area (Å²) in [5.74, 6) is -0.0250. The summed E-state index contributed by atoms with van der Waals surface area (Å²) in [6.45, 7) is 1.90. The number of hydrogen-bond acceptors (Lipinski definition) is 3. The topological polar surface area (TPSA) is 69.8 Å². The Labute approximate surface area is 105 Å². The average molecular weight is 244 g/mol. The molecule has 18 heavy (non-hydrogen) atoms. The molecule has 0 aromatic carbocycles. The van der Waals surface area contributed by atoms with E-state index in [0.717, 1.165) is 37.0 Å². The summed E-state index contributed by atoms with van der Waals surface area (Å²) in [5, 5.41) is 7.23. The number of piperidine rings is 1. The van der Waals surface area contributed by atoms with Crippen LogP contribution in [0.15, 0.2) is 24.5 Å². The van der Waals surface area contributed by atoms with Gasteiger partial charge in [0.2, 0.25) is 0 Å². The zero-order valence-corrected chi connectivity index (χ0v) is 10.1. The summed E-state index contributed by atoms with van der Waals surface area (Å²) in [6.07, 6.45) is 5.59. The normalized spacial score (nSPS) is 19.9. The third kappa shape index (κ3) is 2.09. The van der Waals surface area contributed by atoms with Crippen molar-refractivity contribution in [3.63, 3.8) is 0 Å². The van der Waals surface area contributed by atoms with Crippen molar-refractivity contribution in [2.45, 2.75) is 18.9 Å². The quantitative estimate of drug-likeness (QED) is 0.739. The second kappa shape index (κ2) is 4.78. The van der Waals surface area contributed by atoms with Crippen LogP contribution >= 0.6 is 0 Å². The number of carbonyl (C=O) groups is 1. The molecule has 1 atom stereocenters. The number of nitrogens with one attached hydrogen (secondary N) is 3. The van der Waals surface area contributed by atoms with Gasteiger partial charge >= 0.3 is 0 Å². The van der Waals surface area contributed by atoms with Crippen LogP contribution < -0.4 is 10.6 Å². The lowest BCUT2D eigenvalue weighted by Crippen LogP contribution is -2.45.